The van der Waals surface area contributed by atoms with Crippen LogP contribution in [0.2, 0.25) is 0 Å². The summed E-state index contributed by atoms with van der Waals surface area (Å²) in [5.74, 6) is -0.367. The molecule has 1 aromatic carbocycles. The molecule has 23 heavy (non-hydrogen) atoms. The van der Waals surface area contributed by atoms with Crippen molar-refractivity contribution in [3.8, 4) is 12.1 Å². The monoisotopic (exact) mass is 373 g/mol. The SMILES string of the molecule is CCN(/C=C/C=C(C#N)C#N)CCOC(=O)c1ccc(Br)cc1. The summed E-state index contributed by atoms with van der Waals surface area (Å²) < 4.78 is 6.12. The minimum Gasteiger partial charge on any atom is -0.460 e. The summed E-state index contributed by atoms with van der Waals surface area (Å²) in [6.07, 6.45) is 4.82. The summed E-state index contributed by atoms with van der Waals surface area (Å²) >= 11 is 3.31. The van der Waals surface area contributed by atoms with Gasteiger partial charge in [-0.1, -0.05) is 15.9 Å². The lowest BCUT2D eigenvalue weighted by molar-refractivity contribution is 0.0481. The second-order valence-electron chi connectivity index (χ2n) is 4.42. The third kappa shape index (κ3) is 6.82. The lowest BCUT2D eigenvalue weighted by atomic mass is 10.2. The fourth-order valence-corrected chi connectivity index (χ4v) is 1.89. The summed E-state index contributed by atoms with van der Waals surface area (Å²) in [5.41, 5.74) is 0.543. The molecule has 0 atom stereocenters. The van der Waals surface area contributed by atoms with Crippen molar-refractivity contribution in [2.45, 2.75) is 6.92 Å². The van der Waals surface area contributed by atoms with Crippen molar-refractivity contribution >= 4 is 21.9 Å². The van der Waals surface area contributed by atoms with Crippen LogP contribution >= 0.6 is 15.9 Å². The molecule has 0 heterocycles. The molecule has 0 radical (unpaired) electrons. The zero-order valence-electron chi connectivity index (χ0n) is 12.7. The number of halogens is 1. The van der Waals surface area contributed by atoms with Gasteiger partial charge in [-0.25, -0.2) is 4.79 Å². The number of nitrogens with zero attached hydrogens (tertiary/aromatic N) is 3. The lowest BCUT2D eigenvalue weighted by Crippen LogP contribution is -2.23. The Hall–Kier alpha value is -2.57. The Balaban J connectivity index is 2.46. The van der Waals surface area contributed by atoms with Gasteiger partial charge in [0.2, 0.25) is 0 Å². The molecule has 0 aromatic heterocycles. The first-order chi connectivity index (χ1) is 11.1. The average molecular weight is 374 g/mol. The lowest BCUT2D eigenvalue weighted by Gasteiger charge is -2.17. The molecule has 0 fully saturated rings. The Bertz CT molecular complexity index is 651. The molecule has 5 nitrogen and oxygen atoms in total. The van der Waals surface area contributed by atoms with E-state index in [0.29, 0.717) is 18.7 Å². The van der Waals surface area contributed by atoms with Crippen LogP contribution in [0.15, 0.2) is 52.7 Å². The zero-order valence-corrected chi connectivity index (χ0v) is 14.3. The molecular weight excluding hydrogens is 358 g/mol. The average Bonchev–Trinajstić information content (AvgIpc) is 2.57. The number of esters is 1. The van der Waals surface area contributed by atoms with Crippen LogP contribution in [-0.4, -0.2) is 30.6 Å². The number of likely N-dealkylation sites (N-methyl/N-ethyl adjacent to an activating group) is 1. The molecule has 0 saturated carbocycles. The van der Waals surface area contributed by atoms with Gasteiger partial charge in [0, 0.05) is 11.0 Å². The van der Waals surface area contributed by atoms with Crippen LogP contribution in [0.5, 0.6) is 0 Å². The highest BCUT2D eigenvalue weighted by molar-refractivity contribution is 9.10. The summed E-state index contributed by atoms with van der Waals surface area (Å²) in [6.45, 7) is 3.45. The molecule has 0 saturated heterocycles. The predicted octanol–water partition coefficient (Wildman–Crippen LogP) is 3.42. The van der Waals surface area contributed by atoms with E-state index in [1.165, 1.54) is 6.08 Å². The largest absolute Gasteiger partial charge is 0.460 e. The highest BCUT2D eigenvalue weighted by atomic mass is 79.9. The first kappa shape index (κ1) is 18.5. The van der Waals surface area contributed by atoms with E-state index in [1.807, 2.05) is 11.8 Å². The van der Waals surface area contributed by atoms with Crippen molar-refractivity contribution in [2.75, 3.05) is 19.7 Å². The van der Waals surface area contributed by atoms with E-state index >= 15 is 0 Å². The van der Waals surface area contributed by atoms with Crippen LogP contribution in [-0.2, 0) is 4.74 Å². The summed E-state index contributed by atoms with van der Waals surface area (Å²) in [4.78, 5) is 13.8. The number of hydrogen-bond donors (Lipinski definition) is 0. The molecule has 0 unspecified atom stereocenters. The van der Waals surface area contributed by atoms with Crippen LogP contribution in [0, 0.1) is 22.7 Å². The Morgan fingerprint density at radius 1 is 1.30 bits per heavy atom. The maximum absolute atomic E-state index is 11.9. The van der Waals surface area contributed by atoms with Gasteiger partial charge in [-0.3, -0.25) is 0 Å². The minimum atomic E-state index is -0.367. The first-order valence-corrected chi connectivity index (χ1v) is 7.75. The highest BCUT2D eigenvalue weighted by Crippen LogP contribution is 2.11. The van der Waals surface area contributed by atoms with Gasteiger partial charge in [-0.05, 0) is 49.5 Å². The maximum Gasteiger partial charge on any atom is 0.338 e. The van der Waals surface area contributed by atoms with Gasteiger partial charge >= 0.3 is 5.97 Å². The Morgan fingerprint density at radius 3 is 2.52 bits per heavy atom. The quantitative estimate of drug-likeness (QED) is 0.415. The van der Waals surface area contributed by atoms with Gasteiger partial charge in [0.05, 0.1) is 12.1 Å². The zero-order chi connectivity index (χ0) is 17.1. The van der Waals surface area contributed by atoms with Crippen molar-refractivity contribution in [1.82, 2.24) is 4.90 Å². The van der Waals surface area contributed by atoms with E-state index in [-0.39, 0.29) is 18.1 Å². The molecule has 0 spiro atoms. The number of carbonyl (C=O) groups is 1. The second-order valence-corrected chi connectivity index (χ2v) is 5.33. The van der Waals surface area contributed by atoms with E-state index in [9.17, 15) is 4.79 Å². The first-order valence-electron chi connectivity index (χ1n) is 6.96. The number of rotatable bonds is 7. The van der Waals surface area contributed by atoms with Gasteiger partial charge in [0.25, 0.3) is 0 Å². The topological polar surface area (TPSA) is 77.1 Å². The van der Waals surface area contributed by atoms with E-state index in [0.717, 1.165) is 4.47 Å². The highest BCUT2D eigenvalue weighted by Gasteiger charge is 2.07. The van der Waals surface area contributed by atoms with E-state index < -0.39 is 0 Å². The van der Waals surface area contributed by atoms with Crippen molar-refractivity contribution in [3.63, 3.8) is 0 Å². The van der Waals surface area contributed by atoms with Gasteiger partial charge in [-0.15, -0.1) is 0 Å². The molecule has 0 aliphatic heterocycles. The third-order valence-corrected chi connectivity index (χ3v) is 3.43. The summed E-state index contributed by atoms with van der Waals surface area (Å²) in [7, 11) is 0. The van der Waals surface area contributed by atoms with Gasteiger partial charge < -0.3 is 9.64 Å². The fraction of sp³-hybridized carbons (Fsp3) is 0.235. The molecule has 0 aliphatic rings. The smallest absolute Gasteiger partial charge is 0.338 e. The molecule has 6 heteroatoms. The molecule has 1 aromatic rings. The van der Waals surface area contributed by atoms with Gasteiger partial charge in [0.1, 0.15) is 24.3 Å². The van der Waals surface area contributed by atoms with Gasteiger partial charge in [-0.2, -0.15) is 10.5 Å². The molecule has 0 N–H and O–H groups in total. The molecule has 1 rings (SSSR count). The molecule has 118 valence electrons. The standard InChI is InChI=1S/C17H16BrN3O2/c1-2-21(9-3-4-14(12-19)13-20)10-11-23-17(22)15-5-7-16(18)8-6-15/h3-9H,2,10-11H2,1H3/b9-3+. The summed E-state index contributed by atoms with van der Waals surface area (Å²) in [6, 6.07) is 10.5. The Morgan fingerprint density at radius 2 is 1.96 bits per heavy atom. The van der Waals surface area contributed by atoms with Crippen molar-refractivity contribution < 1.29 is 9.53 Å². The minimum absolute atomic E-state index is 0.0407. The number of ether oxygens (including phenoxy) is 1. The maximum atomic E-state index is 11.9. The third-order valence-electron chi connectivity index (χ3n) is 2.90. The van der Waals surface area contributed by atoms with Crippen LogP contribution in [0.1, 0.15) is 17.3 Å². The van der Waals surface area contributed by atoms with Crippen LogP contribution in [0.3, 0.4) is 0 Å². The normalized spacial score (nSPS) is 9.74. The summed E-state index contributed by atoms with van der Waals surface area (Å²) in [5, 5.41) is 17.3. The van der Waals surface area contributed by atoms with E-state index in [1.54, 1.807) is 48.7 Å². The number of nitriles is 2. The molecule has 0 aliphatic carbocycles. The van der Waals surface area contributed by atoms with Gasteiger partial charge in [0.15, 0.2) is 0 Å². The van der Waals surface area contributed by atoms with E-state index in [4.69, 9.17) is 15.3 Å². The number of benzene rings is 1. The molecule has 0 amide bonds. The van der Waals surface area contributed by atoms with Crippen molar-refractivity contribution in [1.29, 1.82) is 10.5 Å². The van der Waals surface area contributed by atoms with Crippen LogP contribution in [0.4, 0.5) is 0 Å². The van der Waals surface area contributed by atoms with Crippen LogP contribution in [0.25, 0.3) is 0 Å². The van der Waals surface area contributed by atoms with E-state index in [2.05, 4.69) is 15.9 Å². The number of hydrogen-bond acceptors (Lipinski definition) is 5. The van der Waals surface area contributed by atoms with Crippen LogP contribution < -0.4 is 0 Å². The second kappa shape index (κ2) is 10.2. The Labute approximate surface area is 144 Å². The van der Waals surface area contributed by atoms with Crippen molar-refractivity contribution in [2.24, 2.45) is 0 Å². The molecular formula is C17H16BrN3O2. The number of allylic oxidation sites excluding steroid dienone is 3. The molecule has 0 bridgehead atoms. The number of carbonyl (C=O) groups excluding carboxylic acids is 1. The van der Waals surface area contributed by atoms with Crippen molar-refractivity contribution in [3.05, 3.63) is 58.2 Å². The Kier molecular flexibility index (Phi) is 8.20. The fourth-order valence-electron chi connectivity index (χ4n) is 1.62. The predicted molar refractivity (Wildman–Crippen MR) is 90.1 cm³/mol.